The molecule has 2 nitrogen and oxygen atoms in total. The summed E-state index contributed by atoms with van der Waals surface area (Å²) >= 11 is 0. The van der Waals surface area contributed by atoms with Gasteiger partial charge in [-0.2, -0.15) is 0 Å². The molecule has 0 atom stereocenters. The monoisotopic (exact) mass is 157 g/mol. The molecule has 2 aromatic rings. The van der Waals surface area contributed by atoms with Crippen LogP contribution in [0.25, 0.3) is 11.0 Å². The highest BCUT2D eigenvalue weighted by Crippen LogP contribution is 2.13. The zero-order chi connectivity index (χ0) is 9.59. The van der Waals surface area contributed by atoms with Crippen molar-refractivity contribution >= 4 is 24.3 Å². The first-order chi connectivity index (χ1) is 6.11. The summed E-state index contributed by atoms with van der Waals surface area (Å²) in [5, 5.41) is 0. The minimum atomic E-state index is 0.399. The lowest BCUT2D eigenvalue weighted by molar-refractivity contribution is 0.944. The highest BCUT2D eigenvalue weighted by Gasteiger charge is 2.02. The van der Waals surface area contributed by atoms with Gasteiger partial charge in [-0.3, -0.25) is 0 Å². The number of nitrogens with zero attached hydrogens (tertiary/aromatic N) is 2. The van der Waals surface area contributed by atoms with E-state index in [1.165, 1.54) is 0 Å². The molecule has 0 bridgehead atoms. The van der Waals surface area contributed by atoms with E-state index >= 15 is 0 Å². The predicted octanol–water partition coefficient (Wildman–Crippen LogP) is 0.676. The van der Waals surface area contributed by atoms with Crippen LogP contribution in [0.4, 0.5) is 0 Å². The second-order valence-electron chi connectivity index (χ2n) is 2.94. The smallest absolute Gasteiger partial charge is 0.113 e. The summed E-state index contributed by atoms with van der Waals surface area (Å²) in [4.78, 5) is 4.18. The van der Waals surface area contributed by atoms with Gasteiger partial charge >= 0.3 is 0 Å². The maximum absolute atomic E-state index is 7.70. The third-order valence-electron chi connectivity index (χ3n) is 1.94. The first-order valence-corrected chi connectivity index (χ1v) is 3.78. The zero-order valence-corrected chi connectivity index (χ0v) is 7.13. The number of imidazole rings is 1. The van der Waals surface area contributed by atoms with E-state index in [2.05, 4.69) is 4.98 Å². The van der Waals surface area contributed by atoms with Crippen molar-refractivity contribution < 1.29 is 1.37 Å². The maximum atomic E-state index is 7.70. The molecular formula is C9H9BN2. The molecule has 0 unspecified atom stereocenters. The second kappa shape index (κ2) is 2.37. The van der Waals surface area contributed by atoms with Crippen molar-refractivity contribution in [2.75, 3.05) is 0 Å². The largest absolute Gasteiger partial charge is 0.334 e. The number of hydrogen-bond acceptors (Lipinski definition) is 1. The van der Waals surface area contributed by atoms with Gasteiger partial charge in [-0.25, -0.2) is 4.98 Å². The molecule has 0 saturated heterocycles. The molecule has 0 N–H and O–H groups in total. The lowest BCUT2D eigenvalue weighted by Crippen LogP contribution is -2.02. The van der Waals surface area contributed by atoms with Crippen LogP contribution in [-0.2, 0) is 7.05 Å². The van der Waals surface area contributed by atoms with Crippen molar-refractivity contribution in [3.8, 4) is 0 Å². The van der Waals surface area contributed by atoms with E-state index in [-0.39, 0.29) is 0 Å². The summed E-state index contributed by atoms with van der Waals surface area (Å²) in [6.07, 6.45) is 1.73. The van der Waals surface area contributed by atoms with Crippen molar-refractivity contribution in [2.45, 2.75) is 6.92 Å². The van der Waals surface area contributed by atoms with Crippen molar-refractivity contribution in [1.29, 1.82) is 0 Å². The number of hydrogen-bond donors (Lipinski definition) is 0. The highest BCUT2D eigenvalue weighted by molar-refractivity contribution is 6.33. The fraction of sp³-hybridized carbons (Fsp3) is 0.222. The van der Waals surface area contributed by atoms with Crippen molar-refractivity contribution in [1.82, 2.24) is 9.55 Å². The molecule has 0 aliphatic rings. The number of benzene rings is 1. The maximum Gasteiger partial charge on any atom is 0.113 e. The topological polar surface area (TPSA) is 17.8 Å². The van der Waals surface area contributed by atoms with Crippen LogP contribution in [0.5, 0.6) is 0 Å². The minimum Gasteiger partial charge on any atom is -0.334 e. The van der Waals surface area contributed by atoms with Crippen LogP contribution in [0.2, 0.25) is 0 Å². The molecular weight excluding hydrogens is 147 g/mol. The summed E-state index contributed by atoms with van der Waals surface area (Å²) in [5.74, 6) is 0. The normalized spacial score (nSPS) is 12.0. The van der Waals surface area contributed by atoms with Crippen molar-refractivity contribution in [3.63, 3.8) is 0 Å². The number of rotatable bonds is 0. The molecule has 3 heteroatoms. The van der Waals surface area contributed by atoms with Crippen molar-refractivity contribution in [2.24, 2.45) is 7.05 Å². The van der Waals surface area contributed by atoms with E-state index < -0.39 is 0 Å². The molecule has 2 rings (SSSR count). The molecule has 2 radical (unpaired) electrons. The van der Waals surface area contributed by atoms with Crippen LogP contribution >= 0.6 is 0 Å². The lowest BCUT2D eigenvalue weighted by Gasteiger charge is -2.00. The Bertz CT molecular complexity index is 476. The molecule has 12 heavy (non-hydrogen) atoms. The Balaban J connectivity index is 2.97. The van der Waals surface area contributed by atoms with Crippen LogP contribution in [0.15, 0.2) is 18.4 Å². The third kappa shape index (κ3) is 0.933. The summed E-state index contributed by atoms with van der Waals surface area (Å²) in [6.45, 7) is 1.89. The van der Waals surface area contributed by atoms with Gasteiger partial charge in [-0.15, -0.1) is 0 Å². The van der Waals surface area contributed by atoms with Crippen molar-refractivity contribution in [3.05, 3.63) is 24.0 Å². The molecule has 0 aliphatic carbocycles. The number of aromatic nitrogens is 2. The Morgan fingerprint density at radius 1 is 1.67 bits per heavy atom. The van der Waals surface area contributed by atoms with Crippen LogP contribution in [0, 0.1) is 6.92 Å². The molecule has 1 aromatic heterocycles. The first kappa shape index (κ1) is 6.29. The SMILES string of the molecule is [2H]c1c([B])cc2ncn(C)c2c1C. The Morgan fingerprint density at radius 2 is 2.42 bits per heavy atom. The van der Waals surface area contributed by atoms with Gasteiger partial charge in [0, 0.05) is 7.05 Å². The first-order valence-electron chi connectivity index (χ1n) is 4.28. The number of fused-ring (bicyclic) bond motifs is 1. The number of aryl methyl sites for hydroxylation is 2. The lowest BCUT2D eigenvalue weighted by atomic mass is 9.94. The average Bonchev–Trinajstić information content (AvgIpc) is 2.43. The third-order valence-corrected chi connectivity index (χ3v) is 1.94. The van der Waals surface area contributed by atoms with Gasteiger partial charge in [0.2, 0.25) is 0 Å². The molecule has 58 valence electrons. The summed E-state index contributed by atoms with van der Waals surface area (Å²) < 4.78 is 9.60. The zero-order valence-electron chi connectivity index (χ0n) is 8.13. The fourth-order valence-corrected chi connectivity index (χ4v) is 1.47. The fourth-order valence-electron chi connectivity index (χ4n) is 1.47. The summed E-state index contributed by atoms with van der Waals surface area (Å²) in [6, 6.07) is 2.14. The Morgan fingerprint density at radius 3 is 3.17 bits per heavy atom. The second-order valence-corrected chi connectivity index (χ2v) is 2.94. The molecule has 0 spiro atoms. The Kier molecular flexibility index (Phi) is 1.24. The molecule has 0 fully saturated rings. The van der Waals surface area contributed by atoms with Gasteiger partial charge in [0.1, 0.15) is 7.85 Å². The molecule has 0 amide bonds. The predicted molar refractivity (Wildman–Crippen MR) is 50.8 cm³/mol. The summed E-state index contributed by atoms with van der Waals surface area (Å²) in [7, 11) is 7.57. The van der Waals surface area contributed by atoms with Gasteiger partial charge in [-0.05, 0) is 18.6 Å². The Hall–Kier alpha value is -1.25. The van der Waals surface area contributed by atoms with E-state index in [1.807, 2.05) is 18.5 Å². The molecule has 1 aromatic carbocycles. The van der Waals surface area contributed by atoms with Gasteiger partial charge in [0.15, 0.2) is 0 Å². The minimum absolute atomic E-state index is 0.399. The van der Waals surface area contributed by atoms with Gasteiger partial charge in [0.05, 0.1) is 18.7 Å². The average molecular weight is 157 g/mol. The summed E-state index contributed by atoms with van der Waals surface area (Å²) in [5.41, 5.74) is 3.21. The quantitative estimate of drug-likeness (QED) is 0.514. The van der Waals surface area contributed by atoms with Crippen LogP contribution in [-0.4, -0.2) is 17.4 Å². The molecule has 1 heterocycles. The van der Waals surface area contributed by atoms with Gasteiger partial charge in [-0.1, -0.05) is 11.5 Å². The van der Waals surface area contributed by atoms with E-state index in [0.717, 1.165) is 16.6 Å². The standard InChI is InChI=1S/C9H9BN2/c1-6-3-7(10)4-8-9(6)12(2)5-11-8/h3-5H,1-2H3/i3D. The van der Waals surface area contributed by atoms with E-state index in [9.17, 15) is 0 Å². The van der Waals surface area contributed by atoms with Gasteiger partial charge in [0.25, 0.3) is 0 Å². The molecule has 0 aliphatic heterocycles. The van der Waals surface area contributed by atoms with Crippen LogP contribution in [0.1, 0.15) is 6.93 Å². The van der Waals surface area contributed by atoms with E-state index in [0.29, 0.717) is 11.5 Å². The van der Waals surface area contributed by atoms with E-state index in [4.69, 9.17) is 9.22 Å². The molecule has 0 saturated carbocycles. The van der Waals surface area contributed by atoms with Crippen LogP contribution in [0.3, 0.4) is 0 Å². The highest BCUT2D eigenvalue weighted by atomic mass is 15.0. The van der Waals surface area contributed by atoms with Crippen LogP contribution < -0.4 is 5.46 Å². The van der Waals surface area contributed by atoms with E-state index in [1.54, 1.807) is 12.4 Å². The Labute approximate surface area is 74.0 Å². The van der Waals surface area contributed by atoms with Gasteiger partial charge < -0.3 is 4.57 Å².